The van der Waals surface area contributed by atoms with Gasteiger partial charge < -0.3 is 0 Å². The maximum absolute atomic E-state index is 3.98. The highest BCUT2D eigenvalue weighted by Crippen LogP contribution is 2.39. The number of hydrogen-bond acceptors (Lipinski definition) is 0. The van der Waals surface area contributed by atoms with Crippen LogP contribution in [0.4, 0.5) is 0 Å². The molecule has 0 unspecified atom stereocenters. The average molecular weight is 294 g/mol. The van der Waals surface area contributed by atoms with Gasteiger partial charge in [0, 0.05) is 0 Å². The fourth-order valence-corrected chi connectivity index (χ4v) is 3.51. The van der Waals surface area contributed by atoms with Crippen LogP contribution in [0.3, 0.4) is 0 Å². The molecule has 4 aromatic carbocycles. The highest BCUT2D eigenvalue weighted by atomic mass is 14.2. The van der Waals surface area contributed by atoms with Gasteiger partial charge in [-0.1, -0.05) is 84.9 Å². The third kappa shape index (κ3) is 2.24. The first kappa shape index (κ1) is 13.8. The molecule has 0 aliphatic carbocycles. The molecular formula is C23H18. The van der Waals surface area contributed by atoms with Gasteiger partial charge in [0.05, 0.1) is 0 Å². The molecule has 0 radical (unpaired) electrons. The van der Waals surface area contributed by atoms with Crippen LogP contribution in [0.2, 0.25) is 0 Å². The number of rotatable bonds is 3. The Morgan fingerprint density at radius 2 is 1.13 bits per heavy atom. The summed E-state index contributed by atoms with van der Waals surface area (Å²) in [6.45, 7) is 3.98. The lowest BCUT2D eigenvalue weighted by molar-refractivity contribution is 1.32. The predicted octanol–water partition coefficient (Wildman–Crippen LogP) is 6.39. The van der Waals surface area contributed by atoms with Gasteiger partial charge in [-0.05, 0) is 44.7 Å². The maximum Gasteiger partial charge on any atom is -0.00637 e. The Kier molecular flexibility index (Phi) is 3.44. The number of benzene rings is 4. The fraction of sp³-hybridized carbons (Fsp3) is 0.0435. The van der Waals surface area contributed by atoms with E-state index < -0.39 is 0 Å². The van der Waals surface area contributed by atoms with E-state index in [1.807, 2.05) is 6.08 Å². The molecule has 0 saturated heterocycles. The van der Waals surface area contributed by atoms with Crippen LogP contribution >= 0.6 is 0 Å². The quantitative estimate of drug-likeness (QED) is 0.303. The molecule has 4 aromatic rings. The molecule has 23 heavy (non-hydrogen) atoms. The van der Waals surface area contributed by atoms with Crippen molar-refractivity contribution in [1.82, 2.24) is 0 Å². The van der Waals surface area contributed by atoms with Crippen molar-refractivity contribution in [3.05, 3.63) is 97.1 Å². The number of fused-ring (bicyclic) bond motifs is 3. The van der Waals surface area contributed by atoms with Gasteiger partial charge in [0.2, 0.25) is 0 Å². The second kappa shape index (κ2) is 5.73. The molecule has 0 bridgehead atoms. The molecule has 0 nitrogen and oxygen atoms in total. The summed E-state index contributed by atoms with van der Waals surface area (Å²) in [5, 5.41) is 5.27. The van der Waals surface area contributed by atoms with E-state index in [1.165, 1.54) is 38.2 Å². The largest absolute Gasteiger partial charge is 0.103 e. The molecular weight excluding hydrogens is 276 g/mol. The van der Waals surface area contributed by atoms with Crippen LogP contribution in [0.5, 0.6) is 0 Å². The highest BCUT2D eigenvalue weighted by molar-refractivity contribution is 6.15. The minimum absolute atomic E-state index is 0.871. The molecule has 0 saturated carbocycles. The summed E-state index contributed by atoms with van der Waals surface area (Å²) in [4.78, 5) is 0. The molecule has 0 spiro atoms. The second-order valence-corrected chi connectivity index (χ2v) is 5.80. The van der Waals surface area contributed by atoms with Crippen molar-refractivity contribution in [3.8, 4) is 11.1 Å². The Hall–Kier alpha value is -2.86. The molecule has 0 N–H and O–H groups in total. The fourth-order valence-electron chi connectivity index (χ4n) is 3.51. The summed E-state index contributed by atoms with van der Waals surface area (Å²) in [5.41, 5.74) is 3.96. The molecule has 0 atom stereocenters. The SMILES string of the molecule is C=CCc1c(-c2ccccc2)c2ccccc2c2ccccc12. The van der Waals surface area contributed by atoms with Gasteiger partial charge in [-0.15, -0.1) is 6.58 Å². The van der Waals surface area contributed by atoms with Crippen LogP contribution in [0, 0.1) is 0 Å². The summed E-state index contributed by atoms with van der Waals surface area (Å²) < 4.78 is 0. The molecule has 0 aromatic heterocycles. The van der Waals surface area contributed by atoms with E-state index in [2.05, 4.69) is 85.4 Å². The number of allylic oxidation sites excluding steroid dienone is 1. The zero-order chi connectivity index (χ0) is 15.6. The first-order valence-corrected chi connectivity index (χ1v) is 7.99. The van der Waals surface area contributed by atoms with Gasteiger partial charge >= 0.3 is 0 Å². The highest BCUT2D eigenvalue weighted by Gasteiger charge is 2.14. The second-order valence-electron chi connectivity index (χ2n) is 5.80. The summed E-state index contributed by atoms with van der Waals surface area (Å²) in [6.07, 6.45) is 2.87. The van der Waals surface area contributed by atoms with Crippen molar-refractivity contribution in [2.75, 3.05) is 0 Å². The minimum Gasteiger partial charge on any atom is -0.103 e. The van der Waals surface area contributed by atoms with E-state index in [9.17, 15) is 0 Å². The van der Waals surface area contributed by atoms with Crippen molar-refractivity contribution in [3.63, 3.8) is 0 Å². The first-order chi connectivity index (χ1) is 11.4. The predicted molar refractivity (Wildman–Crippen MR) is 101 cm³/mol. The molecule has 0 fully saturated rings. The molecule has 0 amide bonds. The minimum atomic E-state index is 0.871. The van der Waals surface area contributed by atoms with Crippen LogP contribution in [-0.4, -0.2) is 0 Å². The van der Waals surface area contributed by atoms with E-state index >= 15 is 0 Å². The van der Waals surface area contributed by atoms with Crippen LogP contribution in [-0.2, 0) is 6.42 Å². The Bertz CT molecular complexity index is 994. The Balaban J connectivity index is 2.25. The monoisotopic (exact) mass is 294 g/mol. The van der Waals surface area contributed by atoms with Crippen molar-refractivity contribution in [1.29, 1.82) is 0 Å². The van der Waals surface area contributed by atoms with E-state index in [-0.39, 0.29) is 0 Å². The van der Waals surface area contributed by atoms with Crippen LogP contribution in [0.15, 0.2) is 91.5 Å². The van der Waals surface area contributed by atoms with E-state index in [0.29, 0.717) is 0 Å². The third-order valence-corrected chi connectivity index (χ3v) is 4.45. The van der Waals surface area contributed by atoms with Gasteiger partial charge in [-0.25, -0.2) is 0 Å². The van der Waals surface area contributed by atoms with Crippen LogP contribution in [0.25, 0.3) is 32.7 Å². The standard InChI is InChI=1S/C23H18/c1-2-10-21-19-14-7-6-13-18(19)20-15-8-9-16-22(20)23(21)17-11-4-3-5-12-17/h2-9,11-16H,1,10H2. The van der Waals surface area contributed by atoms with E-state index in [0.717, 1.165) is 6.42 Å². The summed E-state index contributed by atoms with van der Waals surface area (Å²) in [5.74, 6) is 0. The lowest BCUT2D eigenvalue weighted by Gasteiger charge is -2.17. The molecule has 0 heterocycles. The zero-order valence-corrected chi connectivity index (χ0v) is 13.0. The number of hydrogen-bond donors (Lipinski definition) is 0. The summed E-state index contributed by atoms with van der Waals surface area (Å²) in [6, 6.07) is 28.1. The van der Waals surface area contributed by atoms with E-state index in [1.54, 1.807) is 0 Å². The van der Waals surface area contributed by atoms with Crippen molar-refractivity contribution in [2.45, 2.75) is 6.42 Å². The summed E-state index contributed by atoms with van der Waals surface area (Å²) >= 11 is 0. The first-order valence-electron chi connectivity index (χ1n) is 7.99. The lowest BCUT2D eigenvalue weighted by Crippen LogP contribution is -1.93. The normalized spacial score (nSPS) is 11.0. The Morgan fingerprint density at radius 1 is 0.609 bits per heavy atom. The van der Waals surface area contributed by atoms with Crippen molar-refractivity contribution in [2.24, 2.45) is 0 Å². The summed E-state index contributed by atoms with van der Waals surface area (Å²) in [7, 11) is 0. The van der Waals surface area contributed by atoms with Gasteiger partial charge in [0.25, 0.3) is 0 Å². The van der Waals surface area contributed by atoms with Crippen molar-refractivity contribution >= 4 is 21.5 Å². The molecule has 0 heteroatoms. The van der Waals surface area contributed by atoms with Gasteiger partial charge in [0.1, 0.15) is 0 Å². The van der Waals surface area contributed by atoms with Gasteiger partial charge in [0.15, 0.2) is 0 Å². The lowest BCUT2D eigenvalue weighted by atomic mass is 9.87. The molecule has 110 valence electrons. The Morgan fingerprint density at radius 3 is 1.78 bits per heavy atom. The molecule has 0 aliphatic rings. The van der Waals surface area contributed by atoms with Crippen LogP contribution in [0.1, 0.15) is 5.56 Å². The molecule has 4 rings (SSSR count). The zero-order valence-electron chi connectivity index (χ0n) is 13.0. The maximum atomic E-state index is 3.98. The van der Waals surface area contributed by atoms with Crippen LogP contribution < -0.4 is 0 Å². The van der Waals surface area contributed by atoms with Crippen molar-refractivity contribution < 1.29 is 0 Å². The average Bonchev–Trinajstić information content (AvgIpc) is 2.63. The topological polar surface area (TPSA) is 0 Å². The Labute approximate surface area is 136 Å². The van der Waals surface area contributed by atoms with Gasteiger partial charge in [-0.3, -0.25) is 0 Å². The third-order valence-electron chi connectivity index (χ3n) is 4.45. The smallest absolute Gasteiger partial charge is 0.00637 e. The van der Waals surface area contributed by atoms with Gasteiger partial charge in [-0.2, -0.15) is 0 Å². The van der Waals surface area contributed by atoms with E-state index in [4.69, 9.17) is 0 Å². The molecule has 0 aliphatic heterocycles.